The molecule has 0 saturated heterocycles. The minimum Gasteiger partial charge on any atom is -0.379 e. The van der Waals surface area contributed by atoms with Gasteiger partial charge < -0.3 is 10.1 Å². The molecule has 1 aromatic rings. The van der Waals surface area contributed by atoms with Crippen molar-refractivity contribution < 1.29 is 9.13 Å². The highest BCUT2D eigenvalue weighted by molar-refractivity contribution is 5.35. The first-order chi connectivity index (χ1) is 9.08. The Bertz CT molecular complexity index is 419. The van der Waals surface area contributed by atoms with Crippen LogP contribution >= 0.6 is 0 Å². The maximum Gasteiger partial charge on any atom is 0.128 e. The lowest BCUT2D eigenvalue weighted by Gasteiger charge is -2.29. The number of hydrogen-bond donors (Lipinski definition) is 1. The van der Waals surface area contributed by atoms with Gasteiger partial charge in [0.1, 0.15) is 5.82 Å². The van der Waals surface area contributed by atoms with Crippen molar-refractivity contribution in [3.8, 4) is 0 Å². The van der Waals surface area contributed by atoms with Crippen molar-refractivity contribution in [2.75, 3.05) is 13.7 Å². The molecular weight excluding hydrogens is 241 g/mol. The summed E-state index contributed by atoms with van der Waals surface area (Å²) >= 11 is 0. The van der Waals surface area contributed by atoms with Crippen molar-refractivity contribution in [1.29, 1.82) is 0 Å². The number of rotatable bonds is 6. The summed E-state index contributed by atoms with van der Waals surface area (Å²) in [6, 6.07) is 3.61. The third-order valence-electron chi connectivity index (χ3n) is 3.90. The van der Waals surface area contributed by atoms with E-state index in [4.69, 9.17) is 4.74 Å². The van der Waals surface area contributed by atoms with E-state index in [0.29, 0.717) is 5.92 Å². The molecule has 0 spiro atoms. The van der Waals surface area contributed by atoms with Gasteiger partial charge in [-0.05, 0) is 56.3 Å². The maximum atomic E-state index is 14.4. The van der Waals surface area contributed by atoms with Crippen molar-refractivity contribution in [3.63, 3.8) is 0 Å². The molecule has 0 aromatic heterocycles. The maximum absolute atomic E-state index is 14.4. The zero-order valence-electron chi connectivity index (χ0n) is 12.3. The summed E-state index contributed by atoms with van der Waals surface area (Å²) in [5, 5.41) is 3.41. The molecule has 3 heteroatoms. The van der Waals surface area contributed by atoms with Gasteiger partial charge in [-0.3, -0.25) is 0 Å². The first-order valence-corrected chi connectivity index (χ1v) is 7.11. The van der Waals surface area contributed by atoms with Gasteiger partial charge in [-0.15, -0.1) is 0 Å². The molecule has 1 fully saturated rings. The molecule has 0 bridgehead atoms. The Morgan fingerprint density at radius 1 is 1.37 bits per heavy atom. The van der Waals surface area contributed by atoms with Gasteiger partial charge >= 0.3 is 0 Å². The third-order valence-corrected chi connectivity index (χ3v) is 3.90. The van der Waals surface area contributed by atoms with Crippen LogP contribution in [0.3, 0.4) is 0 Å². The largest absolute Gasteiger partial charge is 0.379 e. The van der Waals surface area contributed by atoms with E-state index in [1.54, 1.807) is 13.2 Å². The molecule has 2 unspecified atom stereocenters. The number of hydrogen-bond acceptors (Lipinski definition) is 2. The van der Waals surface area contributed by atoms with Gasteiger partial charge in [0.15, 0.2) is 0 Å². The average Bonchev–Trinajstić information content (AvgIpc) is 3.13. The van der Waals surface area contributed by atoms with Crippen LogP contribution in [-0.4, -0.2) is 19.8 Å². The van der Waals surface area contributed by atoms with Crippen LogP contribution in [0.2, 0.25) is 0 Å². The number of benzene rings is 1. The Morgan fingerprint density at radius 3 is 2.53 bits per heavy atom. The van der Waals surface area contributed by atoms with E-state index >= 15 is 0 Å². The number of aryl methyl sites for hydroxylation is 2. The van der Waals surface area contributed by atoms with Crippen LogP contribution in [0.15, 0.2) is 12.1 Å². The lowest BCUT2D eigenvalue weighted by atomic mass is 9.92. The molecule has 1 saturated carbocycles. The molecule has 106 valence electrons. The van der Waals surface area contributed by atoms with E-state index in [0.717, 1.165) is 23.2 Å². The molecule has 1 aromatic carbocycles. The van der Waals surface area contributed by atoms with Gasteiger partial charge in [-0.1, -0.05) is 13.0 Å². The first-order valence-electron chi connectivity index (χ1n) is 7.11. The minimum atomic E-state index is -0.119. The smallest absolute Gasteiger partial charge is 0.128 e. The zero-order valence-corrected chi connectivity index (χ0v) is 12.3. The molecule has 19 heavy (non-hydrogen) atoms. The van der Waals surface area contributed by atoms with Crippen molar-refractivity contribution >= 4 is 0 Å². The predicted molar refractivity (Wildman–Crippen MR) is 75.8 cm³/mol. The zero-order chi connectivity index (χ0) is 14.0. The van der Waals surface area contributed by atoms with Crippen LogP contribution in [0.1, 0.15) is 42.5 Å². The lowest BCUT2D eigenvalue weighted by Crippen LogP contribution is -2.36. The number of methoxy groups -OCH3 is 1. The van der Waals surface area contributed by atoms with E-state index in [9.17, 15) is 4.39 Å². The predicted octanol–water partition coefficient (Wildman–Crippen LogP) is 3.52. The summed E-state index contributed by atoms with van der Waals surface area (Å²) in [5.41, 5.74) is 2.74. The van der Waals surface area contributed by atoms with Crippen LogP contribution in [0, 0.1) is 25.6 Å². The normalized spacial score (nSPS) is 18.4. The minimum absolute atomic E-state index is 0.0527. The van der Waals surface area contributed by atoms with Gasteiger partial charge in [-0.2, -0.15) is 0 Å². The molecule has 0 radical (unpaired) electrons. The van der Waals surface area contributed by atoms with E-state index < -0.39 is 0 Å². The van der Waals surface area contributed by atoms with Gasteiger partial charge in [-0.25, -0.2) is 4.39 Å². The first kappa shape index (κ1) is 14.5. The second-order valence-electron chi connectivity index (χ2n) is 5.55. The second kappa shape index (κ2) is 6.02. The monoisotopic (exact) mass is 265 g/mol. The summed E-state index contributed by atoms with van der Waals surface area (Å²) < 4.78 is 20.0. The summed E-state index contributed by atoms with van der Waals surface area (Å²) in [5.74, 6) is 0.445. The van der Waals surface area contributed by atoms with Crippen LogP contribution in [0.25, 0.3) is 0 Å². The lowest BCUT2D eigenvalue weighted by molar-refractivity contribution is 0.0499. The Hall–Kier alpha value is -0.930. The highest BCUT2D eigenvalue weighted by Gasteiger charge is 2.38. The number of ether oxygens (including phenoxy) is 1. The Labute approximate surface area is 115 Å². The van der Waals surface area contributed by atoms with Crippen LogP contribution in [0.4, 0.5) is 4.39 Å². The van der Waals surface area contributed by atoms with Crippen molar-refractivity contribution in [2.45, 2.75) is 45.8 Å². The summed E-state index contributed by atoms with van der Waals surface area (Å²) in [6.45, 7) is 6.77. The quantitative estimate of drug-likeness (QED) is 0.849. The van der Waals surface area contributed by atoms with E-state index in [-0.39, 0.29) is 18.0 Å². The molecule has 1 aliphatic carbocycles. The average molecular weight is 265 g/mol. The number of nitrogens with one attached hydrogen (secondary N) is 1. The van der Waals surface area contributed by atoms with E-state index in [1.807, 2.05) is 26.8 Å². The van der Waals surface area contributed by atoms with Gasteiger partial charge in [0.2, 0.25) is 0 Å². The molecule has 0 amide bonds. The van der Waals surface area contributed by atoms with Gasteiger partial charge in [0.25, 0.3) is 0 Å². The fourth-order valence-electron chi connectivity index (χ4n) is 2.95. The van der Waals surface area contributed by atoms with Gasteiger partial charge in [0, 0.05) is 12.7 Å². The number of likely N-dealkylation sites (N-methyl/N-ethyl adjacent to an activating group) is 1. The second-order valence-corrected chi connectivity index (χ2v) is 5.55. The molecule has 0 aliphatic heterocycles. The van der Waals surface area contributed by atoms with Gasteiger partial charge in [0.05, 0.1) is 12.1 Å². The van der Waals surface area contributed by atoms with Crippen molar-refractivity contribution in [3.05, 3.63) is 34.6 Å². The molecular formula is C16H24FNO. The topological polar surface area (TPSA) is 21.3 Å². The van der Waals surface area contributed by atoms with Crippen LogP contribution in [-0.2, 0) is 4.74 Å². The highest BCUT2D eigenvalue weighted by Crippen LogP contribution is 2.41. The molecule has 2 atom stereocenters. The molecule has 1 N–H and O–H groups in total. The Morgan fingerprint density at radius 2 is 2.05 bits per heavy atom. The van der Waals surface area contributed by atoms with Crippen molar-refractivity contribution in [2.24, 2.45) is 5.92 Å². The van der Waals surface area contributed by atoms with Crippen LogP contribution in [0.5, 0.6) is 0 Å². The van der Waals surface area contributed by atoms with Crippen LogP contribution < -0.4 is 5.32 Å². The summed E-state index contributed by atoms with van der Waals surface area (Å²) in [4.78, 5) is 0. The third kappa shape index (κ3) is 3.15. The molecule has 2 nitrogen and oxygen atoms in total. The Kier molecular flexibility index (Phi) is 4.58. The fraction of sp³-hybridized carbons (Fsp3) is 0.625. The van der Waals surface area contributed by atoms with E-state index in [2.05, 4.69) is 5.32 Å². The number of halogens is 1. The summed E-state index contributed by atoms with van der Waals surface area (Å²) in [7, 11) is 1.73. The standard InChI is InChI=1S/C16H24FNO/c1-5-18-15(16(19-4)12-6-7-12)14-11(3)8-10(2)9-13(14)17/h8-9,12,15-16,18H,5-7H2,1-4H3. The SMILES string of the molecule is CCNC(c1c(C)cc(C)cc1F)C(OC)C1CC1. The highest BCUT2D eigenvalue weighted by atomic mass is 19.1. The fourth-order valence-corrected chi connectivity index (χ4v) is 2.95. The summed E-state index contributed by atoms with van der Waals surface area (Å²) in [6.07, 6.45) is 2.44. The Balaban J connectivity index is 2.37. The van der Waals surface area contributed by atoms with E-state index in [1.165, 1.54) is 12.8 Å². The molecule has 2 rings (SSSR count). The molecule has 1 aliphatic rings. The van der Waals surface area contributed by atoms with Crippen molar-refractivity contribution in [1.82, 2.24) is 5.32 Å². The molecule has 0 heterocycles.